The van der Waals surface area contributed by atoms with Gasteiger partial charge in [-0.2, -0.15) is 0 Å². The standard InChI is InChI=1S/C30H30F5N2O3.BrH/c31-22-7-9-28(26(35)17-22)39-15-3-12-37-13-10-21(11-14-37)29(19-37)40-30(38)36(27-5-2-1-4-24(27)33)18-20-6-8-23(32)25(34)16-20;/h1-2,4-9,16-17,21,29H,3,10-15,18-19H2;1H/q+1;/p-1/t21?,29-,37?;/m0./s1. The third-order valence-electron chi connectivity index (χ3n) is 7.91. The molecule has 3 aromatic carbocycles. The van der Waals surface area contributed by atoms with Gasteiger partial charge in [-0.25, -0.2) is 26.7 Å². The van der Waals surface area contributed by atoms with Gasteiger partial charge in [0, 0.05) is 31.2 Å². The molecule has 3 aromatic rings. The van der Waals surface area contributed by atoms with E-state index in [1.165, 1.54) is 30.3 Å². The van der Waals surface area contributed by atoms with Crippen molar-refractivity contribution >= 4 is 11.8 Å². The maximum atomic E-state index is 14.7. The molecular formula is C30H30BrF5N2O3. The number of hydrogen-bond donors (Lipinski definition) is 0. The molecule has 2 bridgehead atoms. The van der Waals surface area contributed by atoms with E-state index in [0.29, 0.717) is 17.4 Å². The van der Waals surface area contributed by atoms with Gasteiger partial charge in [-0.1, -0.05) is 18.2 Å². The van der Waals surface area contributed by atoms with Gasteiger partial charge in [-0.3, -0.25) is 4.90 Å². The zero-order chi connectivity index (χ0) is 28.3. The molecule has 0 radical (unpaired) electrons. The van der Waals surface area contributed by atoms with E-state index in [0.717, 1.165) is 61.6 Å². The van der Waals surface area contributed by atoms with Gasteiger partial charge in [0.25, 0.3) is 0 Å². The predicted molar refractivity (Wildman–Crippen MR) is 138 cm³/mol. The maximum Gasteiger partial charge on any atom is 0.415 e. The molecule has 3 fully saturated rings. The predicted octanol–water partition coefficient (Wildman–Crippen LogP) is 3.61. The molecule has 41 heavy (non-hydrogen) atoms. The molecule has 0 saturated carbocycles. The average molecular weight is 641 g/mol. The van der Waals surface area contributed by atoms with Crippen molar-refractivity contribution in [2.75, 3.05) is 37.7 Å². The first-order valence-electron chi connectivity index (χ1n) is 13.3. The third kappa shape index (κ3) is 7.19. The Balaban J connectivity index is 0.00000387. The number of carbonyl (C=O) groups is 1. The summed E-state index contributed by atoms with van der Waals surface area (Å²) >= 11 is 0. The highest BCUT2D eigenvalue weighted by Crippen LogP contribution is 2.36. The lowest BCUT2D eigenvalue weighted by Crippen LogP contribution is -3.00. The van der Waals surface area contributed by atoms with Crippen molar-refractivity contribution in [2.45, 2.75) is 31.9 Å². The monoisotopic (exact) mass is 640 g/mol. The molecule has 3 heterocycles. The summed E-state index contributed by atoms with van der Waals surface area (Å²) in [6.07, 6.45) is 1.17. The Morgan fingerprint density at radius 1 is 0.878 bits per heavy atom. The average Bonchev–Trinajstić information content (AvgIpc) is 2.94. The minimum absolute atomic E-state index is 0. The fraction of sp³-hybridized carbons (Fsp3) is 0.367. The summed E-state index contributed by atoms with van der Waals surface area (Å²) in [6, 6.07) is 12.2. The number of fused-ring (bicyclic) bond motifs is 3. The molecule has 11 heteroatoms. The second-order valence-corrected chi connectivity index (χ2v) is 10.5. The number of nitrogens with zero attached hydrogens (tertiary/aromatic N) is 2. The molecule has 1 amide bonds. The molecule has 3 aliphatic rings. The SMILES string of the molecule is O=C(O[C@H]1C[N+]2(CCCOc3ccc(F)cc3F)CCC1CC2)N(Cc1ccc(F)c(F)c1)c1ccccc1F.[Br-]. The summed E-state index contributed by atoms with van der Waals surface area (Å²) in [5.41, 5.74) is 0.265. The number of piperidine rings is 3. The molecule has 5 nitrogen and oxygen atoms in total. The Bertz CT molecular complexity index is 1370. The van der Waals surface area contributed by atoms with Gasteiger partial charge >= 0.3 is 6.09 Å². The molecule has 6 rings (SSSR count). The number of ether oxygens (including phenoxy) is 2. The molecule has 0 spiro atoms. The van der Waals surface area contributed by atoms with Crippen molar-refractivity contribution in [2.24, 2.45) is 5.92 Å². The molecular weight excluding hydrogens is 611 g/mol. The Kier molecular flexibility index (Phi) is 9.91. The van der Waals surface area contributed by atoms with Gasteiger partial charge in [0.05, 0.1) is 38.5 Å². The van der Waals surface area contributed by atoms with Gasteiger partial charge in [-0.05, 0) is 42.0 Å². The molecule has 0 unspecified atom stereocenters. The van der Waals surface area contributed by atoms with E-state index >= 15 is 0 Å². The number of anilines is 1. The third-order valence-corrected chi connectivity index (χ3v) is 7.91. The topological polar surface area (TPSA) is 38.8 Å². The van der Waals surface area contributed by atoms with Crippen LogP contribution in [0.2, 0.25) is 0 Å². The Labute approximate surface area is 245 Å². The summed E-state index contributed by atoms with van der Waals surface area (Å²) in [7, 11) is 0. The zero-order valence-electron chi connectivity index (χ0n) is 22.2. The van der Waals surface area contributed by atoms with Crippen LogP contribution in [0.5, 0.6) is 5.75 Å². The Morgan fingerprint density at radius 2 is 1.63 bits per heavy atom. The van der Waals surface area contributed by atoms with Crippen LogP contribution >= 0.6 is 0 Å². The van der Waals surface area contributed by atoms with Crippen LogP contribution in [-0.2, 0) is 11.3 Å². The lowest BCUT2D eigenvalue weighted by Gasteiger charge is -2.52. The first-order chi connectivity index (χ1) is 19.2. The number of hydrogen-bond acceptors (Lipinski definition) is 3. The second-order valence-electron chi connectivity index (χ2n) is 10.5. The quantitative estimate of drug-likeness (QED) is 0.204. The highest BCUT2D eigenvalue weighted by Gasteiger charge is 2.47. The van der Waals surface area contributed by atoms with Crippen molar-refractivity contribution in [1.29, 1.82) is 0 Å². The van der Waals surface area contributed by atoms with E-state index < -0.39 is 41.3 Å². The molecule has 3 saturated heterocycles. The van der Waals surface area contributed by atoms with Crippen LogP contribution in [0.4, 0.5) is 32.4 Å². The highest BCUT2D eigenvalue weighted by atomic mass is 79.9. The van der Waals surface area contributed by atoms with E-state index in [9.17, 15) is 26.7 Å². The fourth-order valence-electron chi connectivity index (χ4n) is 5.78. The van der Waals surface area contributed by atoms with Gasteiger partial charge < -0.3 is 30.9 Å². The zero-order valence-corrected chi connectivity index (χ0v) is 23.8. The summed E-state index contributed by atoms with van der Waals surface area (Å²) in [5, 5.41) is 0. The largest absolute Gasteiger partial charge is 1.00 e. The minimum atomic E-state index is -1.06. The highest BCUT2D eigenvalue weighted by molar-refractivity contribution is 5.87. The first-order valence-corrected chi connectivity index (χ1v) is 13.3. The summed E-state index contributed by atoms with van der Waals surface area (Å²) < 4.78 is 81.2. The van der Waals surface area contributed by atoms with E-state index in [2.05, 4.69) is 0 Å². The Hall–Kier alpha value is -3.18. The van der Waals surface area contributed by atoms with Crippen LogP contribution in [0.25, 0.3) is 0 Å². The number of carbonyl (C=O) groups excluding carboxylic acids is 1. The number of para-hydroxylation sites is 1. The molecule has 1 atom stereocenters. The lowest BCUT2D eigenvalue weighted by molar-refractivity contribution is -0.946. The van der Waals surface area contributed by atoms with E-state index in [1.807, 2.05) is 0 Å². The molecule has 3 aliphatic heterocycles. The van der Waals surface area contributed by atoms with Crippen LogP contribution in [0.1, 0.15) is 24.8 Å². The van der Waals surface area contributed by atoms with Crippen LogP contribution in [0.3, 0.4) is 0 Å². The number of rotatable bonds is 9. The van der Waals surface area contributed by atoms with Gasteiger partial charge in [0.2, 0.25) is 0 Å². The van der Waals surface area contributed by atoms with Crippen molar-refractivity contribution in [3.63, 3.8) is 0 Å². The van der Waals surface area contributed by atoms with E-state index in [4.69, 9.17) is 9.47 Å². The van der Waals surface area contributed by atoms with Gasteiger partial charge in [0.1, 0.15) is 18.2 Å². The summed E-state index contributed by atoms with van der Waals surface area (Å²) in [4.78, 5) is 14.6. The van der Waals surface area contributed by atoms with E-state index in [1.54, 1.807) is 6.07 Å². The Morgan fingerprint density at radius 3 is 2.34 bits per heavy atom. The van der Waals surface area contributed by atoms with Crippen molar-refractivity contribution in [1.82, 2.24) is 0 Å². The lowest BCUT2D eigenvalue weighted by atomic mass is 9.83. The minimum Gasteiger partial charge on any atom is -1.00 e. The molecule has 0 N–H and O–H groups in total. The maximum absolute atomic E-state index is 14.7. The molecule has 220 valence electrons. The van der Waals surface area contributed by atoms with Crippen molar-refractivity contribution in [3.8, 4) is 5.75 Å². The number of quaternary nitrogens is 1. The second kappa shape index (κ2) is 13.2. The number of benzene rings is 3. The van der Waals surface area contributed by atoms with Gasteiger partial charge in [0.15, 0.2) is 29.3 Å². The van der Waals surface area contributed by atoms with Crippen LogP contribution in [-0.4, -0.2) is 49.5 Å². The molecule has 0 aliphatic carbocycles. The van der Waals surface area contributed by atoms with Crippen LogP contribution < -0.4 is 26.6 Å². The van der Waals surface area contributed by atoms with Crippen molar-refractivity contribution < 1.29 is 57.7 Å². The summed E-state index contributed by atoms with van der Waals surface area (Å²) in [6.45, 7) is 3.19. The smallest absolute Gasteiger partial charge is 0.415 e. The van der Waals surface area contributed by atoms with Gasteiger partial charge in [-0.15, -0.1) is 0 Å². The van der Waals surface area contributed by atoms with Crippen molar-refractivity contribution in [3.05, 3.63) is 95.3 Å². The normalized spacial score (nSPS) is 21.2. The fourth-order valence-corrected chi connectivity index (χ4v) is 5.78. The van der Waals surface area contributed by atoms with Crippen LogP contribution in [0.15, 0.2) is 60.7 Å². The number of amides is 1. The number of halogens is 6. The first kappa shape index (κ1) is 30.8. The molecule has 0 aromatic heterocycles. The van der Waals surface area contributed by atoms with Crippen LogP contribution in [0, 0.1) is 35.0 Å². The van der Waals surface area contributed by atoms with E-state index in [-0.39, 0.29) is 53.1 Å². The summed E-state index contributed by atoms with van der Waals surface area (Å²) in [5.74, 6) is -3.97.